The van der Waals surface area contributed by atoms with Crippen molar-refractivity contribution in [2.24, 2.45) is 0 Å². The van der Waals surface area contributed by atoms with Crippen molar-refractivity contribution in [2.75, 3.05) is 6.26 Å². The molecular formula is C11H8FNO3S. The summed E-state index contributed by atoms with van der Waals surface area (Å²) in [5.74, 6) is -1.57. The number of hydrogen-bond donors (Lipinski definition) is 1. The van der Waals surface area contributed by atoms with Gasteiger partial charge < -0.3 is 9.63 Å². The molecule has 0 spiro atoms. The van der Waals surface area contributed by atoms with E-state index in [1.807, 2.05) is 6.26 Å². The molecule has 0 aliphatic rings. The maximum Gasteiger partial charge on any atom is 0.358 e. The molecule has 2 rings (SSSR count). The van der Waals surface area contributed by atoms with Crippen LogP contribution < -0.4 is 0 Å². The Labute approximate surface area is 100 Å². The second-order valence-corrected chi connectivity index (χ2v) is 4.11. The van der Waals surface area contributed by atoms with Crippen molar-refractivity contribution in [3.8, 4) is 11.3 Å². The highest BCUT2D eigenvalue weighted by Gasteiger charge is 2.15. The Morgan fingerprint density at radius 1 is 1.47 bits per heavy atom. The van der Waals surface area contributed by atoms with Gasteiger partial charge in [0.2, 0.25) is 0 Å². The van der Waals surface area contributed by atoms with Gasteiger partial charge in [-0.2, -0.15) is 0 Å². The summed E-state index contributed by atoms with van der Waals surface area (Å²) in [6.45, 7) is 0. The largest absolute Gasteiger partial charge is 0.476 e. The lowest BCUT2D eigenvalue weighted by Gasteiger charge is -2.00. The van der Waals surface area contributed by atoms with E-state index in [-0.39, 0.29) is 17.0 Å². The first kappa shape index (κ1) is 11.7. The number of carboxylic acid groups (broad SMARTS) is 1. The Morgan fingerprint density at radius 3 is 2.76 bits per heavy atom. The number of carbonyl (C=O) groups is 1. The van der Waals surface area contributed by atoms with Crippen LogP contribution in [0.3, 0.4) is 0 Å². The highest BCUT2D eigenvalue weighted by atomic mass is 32.2. The number of nitrogens with zero attached hydrogens (tertiary/aromatic N) is 1. The zero-order chi connectivity index (χ0) is 12.4. The van der Waals surface area contributed by atoms with Crippen LogP contribution >= 0.6 is 11.8 Å². The highest BCUT2D eigenvalue weighted by Crippen LogP contribution is 2.27. The maximum atomic E-state index is 13.7. The third-order valence-corrected chi connectivity index (χ3v) is 2.90. The van der Waals surface area contributed by atoms with E-state index >= 15 is 0 Å². The molecule has 0 radical (unpaired) electrons. The summed E-state index contributed by atoms with van der Waals surface area (Å²) in [6, 6.07) is 5.82. The van der Waals surface area contributed by atoms with Gasteiger partial charge in [-0.15, -0.1) is 11.8 Å². The predicted octanol–water partition coefficient (Wildman–Crippen LogP) is 2.90. The quantitative estimate of drug-likeness (QED) is 0.852. The monoisotopic (exact) mass is 253 g/mol. The van der Waals surface area contributed by atoms with Crippen LogP contribution in [0.4, 0.5) is 4.39 Å². The summed E-state index contributed by atoms with van der Waals surface area (Å²) >= 11 is 1.42. The first-order valence-electron chi connectivity index (χ1n) is 4.65. The van der Waals surface area contributed by atoms with Gasteiger partial charge in [0.25, 0.3) is 0 Å². The molecule has 1 heterocycles. The fourth-order valence-electron chi connectivity index (χ4n) is 1.33. The molecule has 1 aromatic carbocycles. The average Bonchev–Trinajstić information content (AvgIpc) is 2.78. The molecule has 4 nitrogen and oxygen atoms in total. The van der Waals surface area contributed by atoms with Crippen molar-refractivity contribution >= 4 is 17.7 Å². The minimum atomic E-state index is -1.21. The molecule has 88 valence electrons. The summed E-state index contributed by atoms with van der Waals surface area (Å²) in [6.07, 6.45) is 1.84. The van der Waals surface area contributed by atoms with E-state index in [1.165, 1.54) is 30.0 Å². The molecule has 0 atom stereocenters. The SMILES string of the molecule is CSc1ccc(-c2cc(C(=O)O)no2)c(F)c1. The standard InChI is InChI=1S/C11H8FNO3S/c1-17-6-2-3-7(8(12)4-6)10-5-9(11(14)15)13-16-10/h2-5H,1H3,(H,14,15). The molecule has 1 aromatic heterocycles. The molecule has 0 saturated carbocycles. The van der Waals surface area contributed by atoms with E-state index < -0.39 is 11.8 Å². The van der Waals surface area contributed by atoms with Crippen LogP contribution in [-0.2, 0) is 0 Å². The number of aromatic nitrogens is 1. The zero-order valence-corrected chi connectivity index (χ0v) is 9.62. The van der Waals surface area contributed by atoms with Gasteiger partial charge in [0.05, 0.1) is 5.56 Å². The molecule has 0 aliphatic carbocycles. The van der Waals surface area contributed by atoms with Crippen molar-refractivity contribution in [1.82, 2.24) is 5.16 Å². The van der Waals surface area contributed by atoms with Gasteiger partial charge in [0, 0.05) is 11.0 Å². The Kier molecular flexibility index (Phi) is 3.14. The summed E-state index contributed by atoms with van der Waals surface area (Å²) in [7, 11) is 0. The van der Waals surface area contributed by atoms with Crippen molar-refractivity contribution in [3.05, 3.63) is 35.8 Å². The molecule has 1 N–H and O–H groups in total. The molecule has 0 amide bonds. The maximum absolute atomic E-state index is 13.7. The first-order chi connectivity index (χ1) is 8.11. The van der Waals surface area contributed by atoms with Crippen molar-refractivity contribution in [2.45, 2.75) is 4.90 Å². The van der Waals surface area contributed by atoms with Gasteiger partial charge in [0.15, 0.2) is 11.5 Å². The highest BCUT2D eigenvalue weighted by molar-refractivity contribution is 7.98. The Morgan fingerprint density at radius 2 is 2.24 bits per heavy atom. The van der Waals surface area contributed by atoms with Gasteiger partial charge >= 0.3 is 5.97 Å². The summed E-state index contributed by atoms with van der Waals surface area (Å²) in [5.41, 5.74) is -0.0452. The van der Waals surface area contributed by atoms with Crippen LogP contribution in [0.2, 0.25) is 0 Å². The van der Waals surface area contributed by atoms with E-state index in [9.17, 15) is 9.18 Å². The van der Waals surface area contributed by atoms with E-state index in [4.69, 9.17) is 9.63 Å². The van der Waals surface area contributed by atoms with Crippen LogP contribution in [0, 0.1) is 5.82 Å². The van der Waals surface area contributed by atoms with E-state index in [2.05, 4.69) is 5.16 Å². The fraction of sp³-hybridized carbons (Fsp3) is 0.0909. The Balaban J connectivity index is 2.42. The summed E-state index contributed by atoms with van der Waals surface area (Å²) in [5, 5.41) is 12.0. The molecular weight excluding hydrogens is 245 g/mol. The Bertz CT molecular complexity index is 568. The van der Waals surface area contributed by atoms with Crippen molar-refractivity contribution in [3.63, 3.8) is 0 Å². The molecule has 0 unspecified atom stereocenters. The Hall–Kier alpha value is -1.82. The predicted molar refractivity (Wildman–Crippen MR) is 60.6 cm³/mol. The lowest BCUT2D eigenvalue weighted by molar-refractivity contribution is 0.0686. The van der Waals surface area contributed by atoms with Crippen LogP contribution in [-0.4, -0.2) is 22.5 Å². The topological polar surface area (TPSA) is 63.3 Å². The normalized spacial score (nSPS) is 10.5. The third-order valence-electron chi connectivity index (χ3n) is 2.17. The minimum Gasteiger partial charge on any atom is -0.476 e. The lowest BCUT2D eigenvalue weighted by Crippen LogP contribution is -1.94. The minimum absolute atomic E-state index is 0.104. The molecule has 0 saturated heterocycles. The second kappa shape index (κ2) is 4.58. The number of thioether (sulfide) groups is 1. The third kappa shape index (κ3) is 2.31. The van der Waals surface area contributed by atoms with Gasteiger partial charge in [0.1, 0.15) is 5.82 Å². The molecule has 6 heteroatoms. The summed E-state index contributed by atoms with van der Waals surface area (Å²) in [4.78, 5) is 11.4. The van der Waals surface area contributed by atoms with Crippen LogP contribution in [0.5, 0.6) is 0 Å². The fourth-order valence-corrected chi connectivity index (χ4v) is 1.75. The van der Waals surface area contributed by atoms with Crippen molar-refractivity contribution < 1.29 is 18.8 Å². The van der Waals surface area contributed by atoms with Gasteiger partial charge in [-0.25, -0.2) is 9.18 Å². The molecule has 17 heavy (non-hydrogen) atoms. The van der Waals surface area contributed by atoms with Gasteiger partial charge in [-0.3, -0.25) is 0 Å². The average molecular weight is 253 g/mol. The van der Waals surface area contributed by atoms with Gasteiger partial charge in [-0.1, -0.05) is 5.16 Å². The number of rotatable bonds is 3. The lowest BCUT2D eigenvalue weighted by atomic mass is 10.1. The van der Waals surface area contributed by atoms with E-state index in [1.54, 1.807) is 6.07 Å². The molecule has 2 aromatic rings. The number of carboxylic acids is 1. The van der Waals surface area contributed by atoms with Gasteiger partial charge in [-0.05, 0) is 24.5 Å². The number of hydrogen-bond acceptors (Lipinski definition) is 4. The van der Waals surface area contributed by atoms with Crippen LogP contribution in [0.1, 0.15) is 10.5 Å². The summed E-state index contributed by atoms with van der Waals surface area (Å²) < 4.78 is 18.5. The molecule has 0 aliphatic heterocycles. The van der Waals surface area contributed by atoms with E-state index in [0.29, 0.717) is 0 Å². The second-order valence-electron chi connectivity index (χ2n) is 3.23. The smallest absolute Gasteiger partial charge is 0.358 e. The van der Waals surface area contributed by atoms with E-state index in [0.717, 1.165) is 4.90 Å². The number of halogens is 1. The van der Waals surface area contributed by atoms with Crippen LogP contribution in [0.15, 0.2) is 33.7 Å². The first-order valence-corrected chi connectivity index (χ1v) is 5.88. The van der Waals surface area contributed by atoms with Crippen molar-refractivity contribution in [1.29, 1.82) is 0 Å². The number of aromatic carboxylic acids is 1. The van der Waals surface area contributed by atoms with Crippen LogP contribution in [0.25, 0.3) is 11.3 Å². The molecule has 0 fully saturated rings. The molecule has 0 bridgehead atoms. The number of benzene rings is 1. The zero-order valence-electron chi connectivity index (χ0n) is 8.81.